The zero-order valence-electron chi connectivity index (χ0n) is 17.2. The van der Waals surface area contributed by atoms with Gasteiger partial charge in [0.2, 0.25) is 0 Å². The van der Waals surface area contributed by atoms with Gasteiger partial charge in [-0.25, -0.2) is 0 Å². The number of rotatable bonds is 7. The number of nitro groups is 2. The highest BCUT2D eigenvalue weighted by atomic mass is 16.6. The van der Waals surface area contributed by atoms with Crippen molar-refractivity contribution < 1.29 is 24.1 Å². The second-order valence-electron chi connectivity index (χ2n) is 6.15. The molecule has 0 saturated carbocycles. The van der Waals surface area contributed by atoms with Crippen molar-refractivity contribution in [3.05, 3.63) is 98.1 Å². The Bertz CT molecular complexity index is 1050. The van der Waals surface area contributed by atoms with Crippen LogP contribution in [0.2, 0.25) is 0 Å². The maximum Gasteiger partial charge on any atom is 0.300 e. The number of ketones is 1. The number of hydrogen-bond acceptors (Lipinski definition) is 9. The molecule has 32 heavy (non-hydrogen) atoms. The van der Waals surface area contributed by atoms with Gasteiger partial charge in [-0.3, -0.25) is 30.9 Å². The minimum absolute atomic E-state index is 0.0136. The van der Waals surface area contributed by atoms with Gasteiger partial charge < -0.3 is 14.9 Å². The summed E-state index contributed by atoms with van der Waals surface area (Å²) < 4.78 is 10.1. The molecule has 3 aromatic carbocycles. The van der Waals surface area contributed by atoms with Crippen molar-refractivity contribution in [2.45, 2.75) is 0 Å². The molecule has 3 rings (SSSR count). The van der Waals surface area contributed by atoms with Crippen LogP contribution < -0.4 is 20.7 Å². The summed E-state index contributed by atoms with van der Waals surface area (Å²) in [6.07, 6.45) is 0. The van der Waals surface area contributed by atoms with Gasteiger partial charge in [-0.2, -0.15) is 0 Å². The van der Waals surface area contributed by atoms with Gasteiger partial charge in [0.05, 0.1) is 30.1 Å². The van der Waals surface area contributed by atoms with E-state index in [0.717, 1.165) is 23.6 Å². The smallest absolute Gasteiger partial charge is 0.300 e. The zero-order chi connectivity index (χ0) is 23.7. The summed E-state index contributed by atoms with van der Waals surface area (Å²) in [5, 5.41) is 20.7. The van der Waals surface area contributed by atoms with Gasteiger partial charge in [0.15, 0.2) is 5.78 Å². The third kappa shape index (κ3) is 6.00. The third-order valence-electron chi connectivity index (χ3n) is 4.25. The van der Waals surface area contributed by atoms with Crippen LogP contribution >= 0.6 is 0 Å². The number of nitrogens with two attached hydrogens (primary N) is 1. The molecule has 0 aromatic heterocycles. The molecule has 0 spiro atoms. The highest BCUT2D eigenvalue weighted by Crippen LogP contribution is 2.27. The molecule has 0 fully saturated rings. The lowest BCUT2D eigenvalue weighted by Gasteiger charge is -2.04. The largest absolute Gasteiger partial charge is 0.497 e. The summed E-state index contributed by atoms with van der Waals surface area (Å²) in [5.41, 5.74) is 2.61. The minimum atomic E-state index is -0.748. The SMILES string of the molecule is COc1ccc(C(=O)c2ccc(OC)cc2)cc1.NNc1ccc([N+](=O)[O-])cc1[N+](=O)[O-]. The summed E-state index contributed by atoms with van der Waals surface area (Å²) in [4.78, 5) is 31.5. The fourth-order valence-electron chi connectivity index (χ4n) is 2.56. The predicted molar refractivity (Wildman–Crippen MR) is 117 cm³/mol. The second-order valence-corrected chi connectivity index (χ2v) is 6.15. The molecular weight excluding hydrogens is 420 g/mol. The highest BCUT2D eigenvalue weighted by molar-refractivity contribution is 6.09. The van der Waals surface area contributed by atoms with E-state index in [0.29, 0.717) is 11.1 Å². The lowest BCUT2D eigenvalue weighted by Crippen LogP contribution is -2.09. The summed E-state index contributed by atoms with van der Waals surface area (Å²) in [6, 6.07) is 17.3. The van der Waals surface area contributed by atoms with Crippen LogP contribution in [0.1, 0.15) is 15.9 Å². The van der Waals surface area contributed by atoms with Gasteiger partial charge in [-0.1, -0.05) is 0 Å². The minimum Gasteiger partial charge on any atom is -0.497 e. The van der Waals surface area contributed by atoms with Crippen LogP contribution in [0.25, 0.3) is 0 Å². The lowest BCUT2D eigenvalue weighted by atomic mass is 10.0. The van der Waals surface area contributed by atoms with E-state index in [1.165, 1.54) is 6.07 Å². The maximum absolute atomic E-state index is 12.2. The number of nitrogens with zero attached hydrogens (tertiary/aromatic N) is 2. The number of nitro benzene ring substituents is 2. The molecule has 3 N–H and O–H groups in total. The van der Waals surface area contributed by atoms with E-state index in [4.69, 9.17) is 15.3 Å². The topological polar surface area (TPSA) is 160 Å². The Labute approximate surface area is 182 Å². The molecule has 3 aromatic rings. The summed E-state index contributed by atoms with van der Waals surface area (Å²) in [6.45, 7) is 0. The van der Waals surface area contributed by atoms with Gasteiger partial charge >= 0.3 is 5.69 Å². The molecule has 0 aliphatic heterocycles. The van der Waals surface area contributed by atoms with Crippen molar-refractivity contribution in [1.82, 2.24) is 0 Å². The lowest BCUT2D eigenvalue weighted by molar-refractivity contribution is -0.393. The molecule has 0 radical (unpaired) electrons. The number of anilines is 1. The molecule has 0 atom stereocenters. The number of ether oxygens (including phenoxy) is 2. The maximum atomic E-state index is 12.2. The van der Waals surface area contributed by atoms with Crippen LogP contribution in [0, 0.1) is 20.2 Å². The molecule has 166 valence electrons. The van der Waals surface area contributed by atoms with Crippen LogP contribution in [0.15, 0.2) is 66.7 Å². The van der Waals surface area contributed by atoms with Crippen molar-refractivity contribution in [2.75, 3.05) is 19.6 Å². The van der Waals surface area contributed by atoms with Crippen molar-refractivity contribution in [2.24, 2.45) is 5.84 Å². The molecule has 0 bridgehead atoms. The normalized spacial score (nSPS) is 9.72. The quantitative estimate of drug-likeness (QED) is 0.241. The first-order valence-corrected chi connectivity index (χ1v) is 9.03. The Morgan fingerprint density at radius 2 is 1.28 bits per heavy atom. The van der Waals surface area contributed by atoms with Gasteiger partial charge in [-0.05, 0) is 54.6 Å². The van der Waals surface area contributed by atoms with Crippen LogP contribution in [-0.2, 0) is 0 Å². The Morgan fingerprint density at radius 3 is 1.62 bits per heavy atom. The molecule has 11 nitrogen and oxygen atoms in total. The third-order valence-corrected chi connectivity index (χ3v) is 4.25. The highest BCUT2D eigenvalue weighted by Gasteiger charge is 2.18. The van der Waals surface area contributed by atoms with Crippen molar-refractivity contribution in [3.63, 3.8) is 0 Å². The summed E-state index contributed by atoms with van der Waals surface area (Å²) >= 11 is 0. The number of hydrogen-bond donors (Lipinski definition) is 2. The first-order valence-electron chi connectivity index (χ1n) is 9.03. The Morgan fingerprint density at radius 1 is 0.812 bits per heavy atom. The van der Waals surface area contributed by atoms with Crippen molar-refractivity contribution in [1.29, 1.82) is 0 Å². The Kier molecular flexibility index (Phi) is 8.20. The van der Waals surface area contributed by atoms with E-state index in [1.54, 1.807) is 62.8 Å². The van der Waals surface area contributed by atoms with E-state index in [-0.39, 0.29) is 17.2 Å². The van der Waals surface area contributed by atoms with Gasteiger partial charge in [0.1, 0.15) is 17.2 Å². The number of nitrogen functional groups attached to an aromatic ring is 1. The predicted octanol–water partition coefficient (Wildman–Crippen LogP) is 3.72. The number of carbonyl (C=O) groups excluding carboxylic acids is 1. The standard InChI is InChI=1S/C15H14O3.C6H6N4O4/c1-17-13-7-3-11(4-8-13)15(16)12-5-9-14(18-2)10-6-12;7-8-5-2-1-4(9(11)12)3-6(5)10(13)14/h3-10H,1-2H3;1-3,8H,7H2. The number of benzene rings is 3. The van der Waals surface area contributed by atoms with E-state index in [9.17, 15) is 25.0 Å². The number of non-ortho nitro benzene ring substituents is 1. The van der Waals surface area contributed by atoms with E-state index >= 15 is 0 Å². The average Bonchev–Trinajstić information content (AvgIpc) is 2.83. The molecule has 0 aliphatic carbocycles. The zero-order valence-corrected chi connectivity index (χ0v) is 17.2. The van der Waals surface area contributed by atoms with Crippen LogP contribution in [0.4, 0.5) is 17.1 Å². The van der Waals surface area contributed by atoms with Gasteiger partial charge in [0.25, 0.3) is 5.69 Å². The number of hydrazine groups is 1. The van der Waals surface area contributed by atoms with Crippen LogP contribution in [-0.4, -0.2) is 29.8 Å². The average molecular weight is 440 g/mol. The Balaban J connectivity index is 0.000000235. The molecule has 0 saturated heterocycles. The van der Waals surface area contributed by atoms with Crippen LogP contribution in [0.5, 0.6) is 11.5 Å². The van der Waals surface area contributed by atoms with E-state index in [2.05, 4.69) is 5.43 Å². The summed E-state index contributed by atoms with van der Waals surface area (Å²) in [7, 11) is 3.20. The molecule has 0 heterocycles. The summed E-state index contributed by atoms with van der Waals surface area (Å²) in [5.74, 6) is 6.45. The molecular formula is C21H20N4O7. The van der Waals surface area contributed by atoms with E-state index in [1.807, 2.05) is 0 Å². The van der Waals surface area contributed by atoms with Gasteiger partial charge in [0, 0.05) is 17.2 Å². The first kappa shape index (κ1) is 23.8. The number of nitrogens with one attached hydrogen (secondary N) is 1. The first-order chi connectivity index (χ1) is 15.3. The molecule has 0 aliphatic rings. The molecule has 11 heteroatoms. The number of methoxy groups -OCH3 is 2. The van der Waals surface area contributed by atoms with Crippen molar-refractivity contribution >= 4 is 22.8 Å². The monoisotopic (exact) mass is 440 g/mol. The van der Waals surface area contributed by atoms with Crippen LogP contribution in [0.3, 0.4) is 0 Å². The van der Waals surface area contributed by atoms with Crippen molar-refractivity contribution in [3.8, 4) is 11.5 Å². The molecule has 0 unspecified atom stereocenters. The molecule has 0 amide bonds. The number of carbonyl (C=O) groups is 1. The second kappa shape index (κ2) is 11.0. The van der Waals surface area contributed by atoms with E-state index < -0.39 is 15.5 Å². The van der Waals surface area contributed by atoms with Gasteiger partial charge in [-0.15, -0.1) is 0 Å². The Hall–Kier alpha value is -4.51. The fourth-order valence-corrected chi connectivity index (χ4v) is 2.56. The fraction of sp³-hybridized carbons (Fsp3) is 0.0952.